The monoisotopic (exact) mass is 336 g/mol. The van der Waals surface area contributed by atoms with Crippen LogP contribution in [0, 0.1) is 0 Å². The Bertz CT molecular complexity index is 706. The summed E-state index contributed by atoms with van der Waals surface area (Å²) in [6, 6.07) is 6.88. The van der Waals surface area contributed by atoms with Gasteiger partial charge in [-0.2, -0.15) is 0 Å². The second kappa shape index (κ2) is 8.36. The van der Waals surface area contributed by atoms with Gasteiger partial charge in [0.15, 0.2) is 0 Å². The van der Waals surface area contributed by atoms with Gasteiger partial charge in [0, 0.05) is 17.8 Å². The molecular formula is C16H17ClN2O4. The fourth-order valence-corrected chi connectivity index (χ4v) is 2.04. The van der Waals surface area contributed by atoms with Gasteiger partial charge in [0.05, 0.1) is 11.6 Å². The van der Waals surface area contributed by atoms with Gasteiger partial charge in [0.1, 0.15) is 11.3 Å². The van der Waals surface area contributed by atoms with Crippen molar-refractivity contribution in [3.63, 3.8) is 0 Å². The highest BCUT2D eigenvalue weighted by Crippen LogP contribution is 2.30. The molecule has 23 heavy (non-hydrogen) atoms. The second-order valence-electron chi connectivity index (χ2n) is 4.38. The molecular weight excluding hydrogens is 320 g/mol. The first-order valence-electron chi connectivity index (χ1n) is 7.06. The normalized spacial score (nSPS) is 12.3. The smallest absolute Gasteiger partial charge is 0.378 e. The first-order valence-corrected chi connectivity index (χ1v) is 7.44. The highest BCUT2D eigenvalue weighted by Gasteiger charge is 2.24. The molecule has 0 amide bonds. The van der Waals surface area contributed by atoms with Crippen LogP contribution < -0.4 is 10.2 Å². The number of ether oxygens (including phenoxy) is 2. The number of nitrogens with one attached hydrogen (secondary N) is 1. The minimum Gasteiger partial charge on any atom is -0.461 e. The Hall–Kier alpha value is -2.31. The van der Waals surface area contributed by atoms with Crippen LogP contribution in [0.4, 0.5) is 0 Å². The van der Waals surface area contributed by atoms with Crippen LogP contribution in [0.3, 0.4) is 0 Å². The van der Waals surface area contributed by atoms with Crippen LogP contribution in [-0.2, 0) is 14.4 Å². The van der Waals surface area contributed by atoms with E-state index in [-0.39, 0.29) is 6.61 Å². The lowest BCUT2D eigenvalue weighted by atomic mass is 10.2. The van der Waals surface area contributed by atoms with Crippen molar-refractivity contribution in [3.05, 3.63) is 47.8 Å². The lowest BCUT2D eigenvalue weighted by Gasteiger charge is -2.18. The van der Waals surface area contributed by atoms with Crippen molar-refractivity contribution in [2.24, 2.45) is 0 Å². The van der Waals surface area contributed by atoms with Gasteiger partial charge in [-0.25, -0.2) is 9.63 Å². The molecule has 0 bridgehead atoms. The van der Waals surface area contributed by atoms with Crippen molar-refractivity contribution in [3.8, 4) is 5.75 Å². The molecule has 1 aromatic carbocycles. The second-order valence-corrected chi connectivity index (χ2v) is 4.79. The first kappa shape index (κ1) is 17.1. The number of hydroxylamine groups is 1. The summed E-state index contributed by atoms with van der Waals surface area (Å²) in [6.07, 6.45) is 3.57. The third-order valence-corrected chi connectivity index (χ3v) is 3.13. The molecule has 0 radical (unpaired) electrons. The number of esters is 1. The first-order chi connectivity index (χ1) is 11.2. The summed E-state index contributed by atoms with van der Waals surface area (Å²) >= 11 is 6.14. The van der Waals surface area contributed by atoms with Gasteiger partial charge < -0.3 is 9.47 Å². The number of benzene rings is 1. The minimum atomic E-state index is -1.28. The summed E-state index contributed by atoms with van der Waals surface area (Å²) < 4.78 is 10.6. The van der Waals surface area contributed by atoms with E-state index >= 15 is 0 Å². The summed E-state index contributed by atoms with van der Waals surface area (Å²) in [7, 11) is 0. The Labute approximate surface area is 139 Å². The van der Waals surface area contributed by atoms with Crippen molar-refractivity contribution in [1.29, 1.82) is 0 Å². The molecule has 0 aliphatic rings. The van der Waals surface area contributed by atoms with Gasteiger partial charge in [-0.05, 0) is 38.1 Å². The van der Waals surface area contributed by atoms with E-state index in [1.54, 1.807) is 44.3 Å². The van der Waals surface area contributed by atoms with E-state index in [1.165, 1.54) is 6.20 Å². The van der Waals surface area contributed by atoms with E-state index in [9.17, 15) is 4.79 Å². The average Bonchev–Trinajstić information content (AvgIpc) is 2.56. The van der Waals surface area contributed by atoms with E-state index < -0.39 is 12.3 Å². The molecule has 1 atom stereocenters. The summed E-state index contributed by atoms with van der Waals surface area (Å²) in [5.41, 5.74) is 3.03. The number of carbonyl (C=O) groups excluding carboxylic acids is 1. The topological polar surface area (TPSA) is 69.7 Å². The van der Waals surface area contributed by atoms with Gasteiger partial charge in [0.2, 0.25) is 0 Å². The number of fused-ring (bicyclic) bond motifs is 1. The summed E-state index contributed by atoms with van der Waals surface area (Å²) in [5.74, 6) is -0.283. The molecule has 0 fully saturated rings. The largest absolute Gasteiger partial charge is 0.461 e. The van der Waals surface area contributed by atoms with Crippen LogP contribution in [0.2, 0.25) is 5.02 Å². The average molecular weight is 337 g/mol. The highest BCUT2D eigenvalue weighted by atomic mass is 35.5. The van der Waals surface area contributed by atoms with Crippen molar-refractivity contribution in [2.75, 3.05) is 6.61 Å². The SMILES string of the molecule is CC=CNOC(Oc1ccc(Cl)c2cccnc12)C(=O)OCC. The molecule has 7 heteroatoms. The molecule has 122 valence electrons. The predicted molar refractivity (Wildman–Crippen MR) is 86.8 cm³/mol. The Morgan fingerprint density at radius 2 is 2.26 bits per heavy atom. The lowest BCUT2D eigenvalue weighted by molar-refractivity contribution is -0.185. The number of halogens is 1. The Morgan fingerprint density at radius 1 is 1.43 bits per heavy atom. The highest BCUT2D eigenvalue weighted by molar-refractivity contribution is 6.35. The number of pyridine rings is 1. The maximum Gasteiger partial charge on any atom is 0.378 e. The molecule has 1 aromatic heterocycles. The van der Waals surface area contributed by atoms with Gasteiger partial charge in [-0.3, -0.25) is 10.5 Å². The number of allylic oxidation sites excluding steroid dienone is 1. The fraction of sp³-hybridized carbons (Fsp3) is 0.250. The third-order valence-electron chi connectivity index (χ3n) is 2.80. The number of rotatable bonds is 7. The van der Waals surface area contributed by atoms with E-state index in [2.05, 4.69) is 10.5 Å². The number of hydrogen-bond donors (Lipinski definition) is 1. The molecule has 2 rings (SSSR count). The Kier molecular flexibility index (Phi) is 6.19. The van der Waals surface area contributed by atoms with Crippen LogP contribution in [0.5, 0.6) is 5.75 Å². The zero-order chi connectivity index (χ0) is 16.7. The third kappa shape index (κ3) is 4.34. The number of aromatic nitrogens is 1. The van der Waals surface area contributed by atoms with Crippen molar-refractivity contribution < 1.29 is 19.1 Å². The van der Waals surface area contributed by atoms with Crippen LogP contribution in [0.15, 0.2) is 42.7 Å². The maximum absolute atomic E-state index is 12.0. The van der Waals surface area contributed by atoms with E-state index in [4.69, 9.17) is 25.9 Å². The number of hydrogen-bond acceptors (Lipinski definition) is 6. The van der Waals surface area contributed by atoms with Gasteiger partial charge >= 0.3 is 12.3 Å². The number of carbonyl (C=O) groups is 1. The summed E-state index contributed by atoms with van der Waals surface area (Å²) in [4.78, 5) is 21.4. The van der Waals surface area contributed by atoms with Crippen LogP contribution in [-0.4, -0.2) is 23.9 Å². The maximum atomic E-state index is 12.0. The zero-order valence-corrected chi connectivity index (χ0v) is 13.5. The molecule has 1 N–H and O–H groups in total. The van der Waals surface area contributed by atoms with Gasteiger partial charge in [-0.15, -0.1) is 0 Å². The molecule has 0 aliphatic carbocycles. The van der Waals surface area contributed by atoms with Gasteiger partial charge in [-0.1, -0.05) is 17.7 Å². The van der Waals surface area contributed by atoms with E-state index in [0.29, 0.717) is 16.3 Å². The lowest BCUT2D eigenvalue weighted by Crippen LogP contribution is -2.35. The Balaban J connectivity index is 2.28. The molecule has 0 aliphatic heterocycles. The van der Waals surface area contributed by atoms with Crippen LogP contribution >= 0.6 is 11.6 Å². The fourth-order valence-electron chi connectivity index (χ4n) is 1.82. The minimum absolute atomic E-state index is 0.214. The van der Waals surface area contributed by atoms with Crippen molar-refractivity contribution >= 4 is 28.5 Å². The molecule has 1 unspecified atom stereocenters. The zero-order valence-electron chi connectivity index (χ0n) is 12.8. The molecule has 2 aromatic rings. The van der Waals surface area contributed by atoms with Gasteiger partial charge in [0.25, 0.3) is 0 Å². The molecule has 6 nitrogen and oxygen atoms in total. The molecule has 0 saturated heterocycles. The van der Waals surface area contributed by atoms with E-state index in [0.717, 1.165) is 5.39 Å². The molecule has 0 spiro atoms. The van der Waals surface area contributed by atoms with Crippen LogP contribution in [0.25, 0.3) is 10.9 Å². The van der Waals surface area contributed by atoms with E-state index in [1.807, 2.05) is 6.07 Å². The molecule has 1 heterocycles. The number of nitrogens with zero attached hydrogens (tertiary/aromatic N) is 1. The summed E-state index contributed by atoms with van der Waals surface area (Å²) in [6.45, 7) is 3.71. The van der Waals surface area contributed by atoms with Crippen molar-refractivity contribution in [2.45, 2.75) is 20.1 Å². The Morgan fingerprint density at radius 3 is 3.00 bits per heavy atom. The summed E-state index contributed by atoms with van der Waals surface area (Å²) in [5, 5.41) is 1.26. The standard InChI is InChI=1S/C16H17ClN2O4/c1-3-9-19-23-16(15(20)21-4-2)22-13-8-7-12(17)11-6-5-10-18-14(11)13/h3,5-10,16,19H,4H2,1-2H3. The predicted octanol–water partition coefficient (Wildman–Crippen LogP) is 3.21. The van der Waals surface area contributed by atoms with Crippen LogP contribution in [0.1, 0.15) is 13.8 Å². The quantitative estimate of drug-likeness (QED) is 0.475. The molecule has 0 saturated carbocycles. The van der Waals surface area contributed by atoms with Crippen molar-refractivity contribution in [1.82, 2.24) is 10.5 Å².